The van der Waals surface area contributed by atoms with Crippen molar-refractivity contribution in [2.24, 2.45) is 5.10 Å². The Morgan fingerprint density at radius 2 is 1.85 bits per heavy atom. The largest absolute Gasteiger partial charge is 0.497 e. The van der Waals surface area contributed by atoms with Crippen LogP contribution >= 0.6 is 0 Å². The maximum absolute atomic E-state index is 12.5. The molecule has 0 radical (unpaired) electrons. The van der Waals surface area contributed by atoms with E-state index in [0.717, 1.165) is 12.1 Å². The first kappa shape index (κ1) is 20.0. The van der Waals surface area contributed by atoms with Gasteiger partial charge in [-0.1, -0.05) is 18.2 Å². The Kier molecular flexibility index (Phi) is 6.53. The Labute approximate surface area is 153 Å². The second-order valence-electron chi connectivity index (χ2n) is 5.33. The Bertz CT molecular complexity index is 834. The van der Waals surface area contributed by atoms with Gasteiger partial charge in [-0.15, -0.1) is 0 Å². The van der Waals surface area contributed by atoms with Crippen molar-refractivity contribution in [2.75, 3.05) is 13.7 Å². The van der Waals surface area contributed by atoms with Crippen molar-refractivity contribution < 1.29 is 27.5 Å². The summed E-state index contributed by atoms with van der Waals surface area (Å²) >= 11 is 0. The van der Waals surface area contributed by atoms with Crippen LogP contribution in [0.25, 0.3) is 0 Å². The molecule has 0 saturated heterocycles. The lowest BCUT2D eigenvalue weighted by molar-refractivity contribution is -0.137. The standard InChI is InChI=1S/C18H16F3N3O3/c1-27-15-4-2-3-13(9-15)17(26)22-11-16(25)24-23-10-12-5-7-14(8-6-12)18(19,20)21/h2-10H,11H2,1H3,(H,22,26)(H,24,25)/b23-10+. The van der Waals surface area contributed by atoms with Crippen LogP contribution < -0.4 is 15.5 Å². The van der Waals surface area contributed by atoms with Gasteiger partial charge in [-0.2, -0.15) is 18.3 Å². The Morgan fingerprint density at radius 1 is 1.15 bits per heavy atom. The number of carbonyl (C=O) groups excluding carboxylic acids is 2. The zero-order valence-electron chi connectivity index (χ0n) is 14.2. The highest BCUT2D eigenvalue weighted by Gasteiger charge is 2.29. The topological polar surface area (TPSA) is 79.8 Å². The van der Waals surface area contributed by atoms with E-state index >= 15 is 0 Å². The minimum Gasteiger partial charge on any atom is -0.497 e. The van der Waals surface area contributed by atoms with E-state index < -0.39 is 23.6 Å². The highest BCUT2D eigenvalue weighted by Crippen LogP contribution is 2.28. The summed E-state index contributed by atoms with van der Waals surface area (Å²) in [6, 6.07) is 10.7. The van der Waals surface area contributed by atoms with Crippen LogP contribution in [0.15, 0.2) is 53.6 Å². The first-order valence-corrected chi connectivity index (χ1v) is 7.71. The van der Waals surface area contributed by atoms with Gasteiger partial charge in [-0.05, 0) is 35.9 Å². The molecule has 0 spiro atoms. The van der Waals surface area contributed by atoms with Gasteiger partial charge >= 0.3 is 6.18 Å². The minimum atomic E-state index is -4.41. The molecule has 0 heterocycles. The van der Waals surface area contributed by atoms with E-state index in [1.54, 1.807) is 18.2 Å². The third-order valence-corrected chi connectivity index (χ3v) is 3.38. The molecule has 0 aromatic heterocycles. The summed E-state index contributed by atoms with van der Waals surface area (Å²) in [4.78, 5) is 23.6. The Hall–Kier alpha value is -3.36. The molecule has 0 bridgehead atoms. The summed E-state index contributed by atoms with van der Waals surface area (Å²) in [6.07, 6.45) is -3.22. The van der Waals surface area contributed by atoms with E-state index in [9.17, 15) is 22.8 Å². The molecule has 2 aromatic carbocycles. The summed E-state index contributed by atoms with van der Waals surface area (Å²) in [5, 5.41) is 6.05. The summed E-state index contributed by atoms with van der Waals surface area (Å²) in [6.45, 7) is -0.319. The molecular weight excluding hydrogens is 363 g/mol. The quantitative estimate of drug-likeness (QED) is 0.598. The minimum absolute atomic E-state index is 0.319. The molecular formula is C18H16F3N3O3. The average Bonchev–Trinajstić information content (AvgIpc) is 2.66. The van der Waals surface area contributed by atoms with Crippen LogP contribution in [0.2, 0.25) is 0 Å². The van der Waals surface area contributed by atoms with Crippen molar-refractivity contribution >= 4 is 18.0 Å². The van der Waals surface area contributed by atoms with Crippen molar-refractivity contribution in [2.45, 2.75) is 6.18 Å². The number of rotatable bonds is 6. The molecule has 2 N–H and O–H groups in total. The Balaban J connectivity index is 1.81. The Morgan fingerprint density at radius 3 is 2.48 bits per heavy atom. The summed E-state index contributed by atoms with van der Waals surface area (Å²) in [7, 11) is 1.47. The number of nitrogens with one attached hydrogen (secondary N) is 2. The van der Waals surface area contributed by atoms with Crippen molar-refractivity contribution in [1.29, 1.82) is 0 Å². The highest BCUT2D eigenvalue weighted by atomic mass is 19.4. The lowest BCUT2D eigenvalue weighted by Crippen LogP contribution is -2.34. The molecule has 0 aliphatic heterocycles. The molecule has 0 aliphatic rings. The van der Waals surface area contributed by atoms with Gasteiger partial charge in [-0.3, -0.25) is 9.59 Å². The van der Waals surface area contributed by atoms with Crippen LogP contribution in [-0.2, 0) is 11.0 Å². The molecule has 2 rings (SSSR count). The van der Waals surface area contributed by atoms with E-state index in [1.807, 2.05) is 0 Å². The number of benzene rings is 2. The highest BCUT2D eigenvalue weighted by molar-refractivity contribution is 5.96. The van der Waals surface area contributed by atoms with E-state index in [0.29, 0.717) is 16.9 Å². The van der Waals surface area contributed by atoms with Crippen LogP contribution in [0, 0.1) is 0 Å². The fourth-order valence-electron chi connectivity index (χ4n) is 2.00. The molecule has 0 saturated carbocycles. The van der Waals surface area contributed by atoms with Gasteiger partial charge < -0.3 is 10.1 Å². The van der Waals surface area contributed by atoms with E-state index in [1.165, 1.54) is 31.5 Å². The number of methoxy groups -OCH3 is 1. The fraction of sp³-hybridized carbons (Fsp3) is 0.167. The number of carbonyl (C=O) groups is 2. The molecule has 9 heteroatoms. The van der Waals surface area contributed by atoms with Crippen molar-refractivity contribution in [1.82, 2.24) is 10.7 Å². The molecule has 0 atom stereocenters. The van der Waals surface area contributed by atoms with Crippen LogP contribution in [0.3, 0.4) is 0 Å². The number of nitrogens with zero attached hydrogens (tertiary/aromatic N) is 1. The first-order valence-electron chi connectivity index (χ1n) is 7.71. The molecule has 6 nitrogen and oxygen atoms in total. The number of halogens is 3. The lowest BCUT2D eigenvalue weighted by atomic mass is 10.1. The SMILES string of the molecule is COc1cccc(C(=O)NCC(=O)N/N=C/c2ccc(C(F)(F)F)cc2)c1. The molecule has 142 valence electrons. The number of alkyl halides is 3. The van der Waals surface area contributed by atoms with Gasteiger partial charge in [0.05, 0.1) is 25.4 Å². The average molecular weight is 379 g/mol. The van der Waals surface area contributed by atoms with Crippen LogP contribution in [-0.4, -0.2) is 31.7 Å². The molecule has 0 aliphatic carbocycles. The van der Waals surface area contributed by atoms with E-state index in [4.69, 9.17) is 4.74 Å². The normalized spacial score (nSPS) is 11.3. The maximum atomic E-state index is 12.5. The molecule has 2 aromatic rings. The van der Waals surface area contributed by atoms with Gasteiger partial charge in [0.15, 0.2) is 0 Å². The van der Waals surface area contributed by atoms with Crippen LogP contribution in [0.4, 0.5) is 13.2 Å². The van der Waals surface area contributed by atoms with Gasteiger partial charge in [0.25, 0.3) is 11.8 Å². The summed E-state index contributed by atoms with van der Waals surface area (Å²) < 4.78 is 42.4. The summed E-state index contributed by atoms with van der Waals surface area (Å²) in [5.41, 5.74) is 2.11. The van der Waals surface area contributed by atoms with Gasteiger partial charge in [0, 0.05) is 5.56 Å². The monoisotopic (exact) mass is 379 g/mol. The van der Waals surface area contributed by atoms with Gasteiger partial charge in [0.2, 0.25) is 0 Å². The molecule has 0 unspecified atom stereocenters. The third-order valence-electron chi connectivity index (χ3n) is 3.38. The van der Waals surface area contributed by atoms with Crippen molar-refractivity contribution in [3.63, 3.8) is 0 Å². The lowest BCUT2D eigenvalue weighted by Gasteiger charge is -2.06. The second kappa shape index (κ2) is 8.84. The first-order chi connectivity index (χ1) is 12.8. The van der Waals surface area contributed by atoms with Crippen molar-refractivity contribution in [3.05, 3.63) is 65.2 Å². The molecule has 2 amide bonds. The number of hydrogen-bond acceptors (Lipinski definition) is 4. The van der Waals surface area contributed by atoms with Crippen LogP contribution in [0.1, 0.15) is 21.5 Å². The zero-order valence-corrected chi connectivity index (χ0v) is 14.2. The zero-order chi connectivity index (χ0) is 19.9. The maximum Gasteiger partial charge on any atom is 0.416 e. The van der Waals surface area contributed by atoms with Crippen molar-refractivity contribution in [3.8, 4) is 5.75 Å². The number of ether oxygens (including phenoxy) is 1. The predicted octanol–water partition coefficient (Wildman–Crippen LogP) is 2.59. The fourth-order valence-corrected chi connectivity index (χ4v) is 2.00. The second-order valence-corrected chi connectivity index (χ2v) is 5.33. The van der Waals surface area contributed by atoms with Gasteiger partial charge in [-0.25, -0.2) is 5.43 Å². The molecule has 27 heavy (non-hydrogen) atoms. The smallest absolute Gasteiger partial charge is 0.416 e. The number of amides is 2. The van der Waals surface area contributed by atoms with E-state index in [-0.39, 0.29) is 6.54 Å². The molecule has 0 fully saturated rings. The third kappa shape index (κ3) is 6.14. The predicted molar refractivity (Wildman–Crippen MR) is 92.5 cm³/mol. The van der Waals surface area contributed by atoms with Gasteiger partial charge in [0.1, 0.15) is 5.75 Å². The van der Waals surface area contributed by atoms with E-state index in [2.05, 4.69) is 15.8 Å². The number of hydrazone groups is 1. The van der Waals surface area contributed by atoms with Crippen LogP contribution in [0.5, 0.6) is 5.75 Å². The number of hydrogen-bond donors (Lipinski definition) is 2. The summed E-state index contributed by atoms with van der Waals surface area (Å²) in [5.74, 6) is -0.543.